The Kier molecular flexibility index (Phi) is 4.07. The first-order chi connectivity index (χ1) is 9.79. The zero-order valence-electron chi connectivity index (χ0n) is 13.2. The Balaban J connectivity index is 2.21. The lowest BCUT2D eigenvalue weighted by molar-refractivity contribution is 0.102. The van der Waals surface area contributed by atoms with Gasteiger partial charge in [-0.25, -0.2) is 9.97 Å². The average molecular weight is 283 g/mol. The number of nitrogens with zero attached hydrogens (tertiary/aromatic N) is 2. The summed E-state index contributed by atoms with van der Waals surface area (Å²) in [6.45, 7) is 10.1. The number of aryl methyl sites for hydroxylation is 2. The molecule has 0 saturated carbocycles. The Morgan fingerprint density at radius 1 is 1.00 bits per heavy atom. The molecule has 1 heterocycles. The zero-order chi connectivity index (χ0) is 15.6. The molecule has 0 aliphatic carbocycles. The first-order valence-electron chi connectivity index (χ1n) is 6.99. The number of benzene rings is 1. The lowest BCUT2D eigenvalue weighted by atomic mass is 9.87. The molecule has 110 valence electrons. The van der Waals surface area contributed by atoms with Crippen molar-refractivity contribution in [3.63, 3.8) is 0 Å². The SMILES string of the molecule is Cc1ncnc(C)c1C(=O)Nc1ccc(C(C)(C)C)cc1. The summed E-state index contributed by atoms with van der Waals surface area (Å²) in [6, 6.07) is 7.92. The molecule has 0 saturated heterocycles. The summed E-state index contributed by atoms with van der Waals surface area (Å²) in [5.41, 5.74) is 4.02. The molecular formula is C17H21N3O. The minimum absolute atomic E-state index is 0.100. The molecule has 4 nitrogen and oxygen atoms in total. The molecule has 0 aliphatic rings. The molecule has 1 aromatic carbocycles. The van der Waals surface area contributed by atoms with Crippen LogP contribution in [0.25, 0.3) is 0 Å². The van der Waals surface area contributed by atoms with Gasteiger partial charge >= 0.3 is 0 Å². The maximum Gasteiger partial charge on any atom is 0.259 e. The predicted octanol–water partition coefficient (Wildman–Crippen LogP) is 3.64. The van der Waals surface area contributed by atoms with Crippen molar-refractivity contribution >= 4 is 11.6 Å². The van der Waals surface area contributed by atoms with Gasteiger partial charge in [0, 0.05) is 5.69 Å². The molecule has 21 heavy (non-hydrogen) atoms. The van der Waals surface area contributed by atoms with Crippen molar-refractivity contribution in [2.24, 2.45) is 0 Å². The molecular weight excluding hydrogens is 262 g/mol. The van der Waals surface area contributed by atoms with Crippen LogP contribution in [0.2, 0.25) is 0 Å². The summed E-state index contributed by atoms with van der Waals surface area (Å²) >= 11 is 0. The van der Waals surface area contributed by atoms with E-state index >= 15 is 0 Å². The predicted molar refractivity (Wildman–Crippen MR) is 84.6 cm³/mol. The fraction of sp³-hybridized carbons (Fsp3) is 0.353. The van der Waals surface area contributed by atoms with Crippen LogP contribution in [0.4, 0.5) is 5.69 Å². The van der Waals surface area contributed by atoms with E-state index in [9.17, 15) is 4.79 Å². The number of hydrogen-bond acceptors (Lipinski definition) is 3. The van der Waals surface area contributed by atoms with E-state index in [0.717, 1.165) is 5.69 Å². The molecule has 1 N–H and O–H groups in total. The monoisotopic (exact) mass is 283 g/mol. The van der Waals surface area contributed by atoms with Gasteiger partial charge in [-0.2, -0.15) is 0 Å². The highest BCUT2D eigenvalue weighted by molar-refractivity contribution is 6.05. The van der Waals surface area contributed by atoms with Crippen LogP contribution in [-0.2, 0) is 5.41 Å². The molecule has 0 bridgehead atoms. The van der Waals surface area contributed by atoms with E-state index in [1.807, 2.05) is 38.1 Å². The smallest absolute Gasteiger partial charge is 0.259 e. The van der Waals surface area contributed by atoms with Gasteiger partial charge in [-0.3, -0.25) is 4.79 Å². The molecule has 4 heteroatoms. The Bertz CT molecular complexity index is 634. The van der Waals surface area contributed by atoms with E-state index in [1.54, 1.807) is 0 Å². The Labute approximate surface area is 125 Å². The van der Waals surface area contributed by atoms with Crippen molar-refractivity contribution in [3.8, 4) is 0 Å². The molecule has 0 unspecified atom stereocenters. The molecule has 0 fully saturated rings. The van der Waals surface area contributed by atoms with Crippen LogP contribution in [0.15, 0.2) is 30.6 Å². The molecule has 1 amide bonds. The third-order valence-electron chi connectivity index (χ3n) is 3.46. The summed E-state index contributed by atoms with van der Waals surface area (Å²) in [4.78, 5) is 20.5. The zero-order valence-corrected chi connectivity index (χ0v) is 13.2. The van der Waals surface area contributed by atoms with E-state index in [4.69, 9.17) is 0 Å². The van der Waals surface area contributed by atoms with Crippen molar-refractivity contribution in [3.05, 3.63) is 53.1 Å². The van der Waals surface area contributed by atoms with Crippen LogP contribution >= 0.6 is 0 Å². The number of hydrogen-bond donors (Lipinski definition) is 1. The second kappa shape index (κ2) is 5.64. The third kappa shape index (κ3) is 3.45. The van der Waals surface area contributed by atoms with Crippen molar-refractivity contribution in [1.82, 2.24) is 9.97 Å². The number of amides is 1. The van der Waals surface area contributed by atoms with Gasteiger partial charge in [-0.15, -0.1) is 0 Å². The molecule has 1 aromatic heterocycles. The standard InChI is InChI=1S/C17H21N3O/c1-11-15(12(2)19-10-18-11)16(21)20-14-8-6-13(7-9-14)17(3,4)5/h6-10H,1-5H3,(H,20,21). The second-order valence-electron chi connectivity index (χ2n) is 6.20. The van der Waals surface area contributed by atoms with Gasteiger partial charge in [0.2, 0.25) is 0 Å². The van der Waals surface area contributed by atoms with E-state index in [0.29, 0.717) is 17.0 Å². The highest BCUT2D eigenvalue weighted by Gasteiger charge is 2.16. The number of carbonyl (C=O) groups excluding carboxylic acids is 1. The van der Waals surface area contributed by atoms with Gasteiger partial charge < -0.3 is 5.32 Å². The number of aromatic nitrogens is 2. The van der Waals surface area contributed by atoms with Crippen LogP contribution in [0.3, 0.4) is 0 Å². The number of carbonyl (C=O) groups is 1. The van der Waals surface area contributed by atoms with Gasteiger partial charge in [0.15, 0.2) is 0 Å². The molecule has 2 rings (SSSR count). The van der Waals surface area contributed by atoms with Gasteiger partial charge in [0.05, 0.1) is 17.0 Å². The van der Waals surface area contributed by atoms with Crippen LogP contribution in [0, 0.1) is 13.8 Å². The van der Waals surface area contributed by atoms with Gasteiger partial charge in [-0.05, 0) is 37.0 Å². The summed E-state index contributed by atoms with van der Waals surface area (Å²) in [6.07, 6.45) is 1.47. The molecule has 2 aromatic rings. The van der Waals surface area contributed by atoms with E-state index < -0.39 is 0 Å². The molecule has 0 radical (unpaired) electrons. The first kappa shape index (κ1) is 15.2. The van der Waals surface area contributed by atoms with Crippen LogP contribution in [0.5, 0.6) is 0 Å². The first-order valence-corrected chi connectivity index (χ1v) is 6.99. The molecule has 0 aliphatic heterocycles. The second-order valence-corrected chi connectivity index (χ2v) is 6.20. The summed E-state index contributed by atoms with van der Waals surface area (Å²) < 4.78 is 0. The summed E-state index contributed by atoms with van der Waals surface area (Å²) in [7, 11) is 0. The Hall–Kier alpha value is -2.23. The average Bonchev–Trinajstić information content (AvgIpc) is 2.38. The van der Waals surface area contributed by atoms with Gasteiger partial charge in [0.1, 0.15) is 6.33 Å². The maximum absolute atomic E-state index is 12.3. The van der Waals surface area contributed by atoms with E-state index in [1.165, 1.54) is 11.9 Å². The fourth-order valence-electron chi connectivity index (χ4n) is 2.17. The minimum atomic E-state index is -0.172. The summed E-state index contributed by atoms with van der Waals surface area (Å²) in [5.74, 6) is -0.172. The van der Waals surface area contributed by atoms with Crippen molar-refractivity contribution in [2.75, 3.05) is 5.32 Å². The topological polar surface area (TPSA) is 54.9 Å². The van der Waals surface area contributed by atoms with Crippen LogP contribution < -0.4 is 5.32 Å². The lowest BCUT2D eigenvalue weighted by Gasteiger charge is -2.19. The number of rotatable bonds is 2. The van der Waals surface area contributed by atoms with Gasteiger partial charge in [0.25, 0.3) is 5.91 Å². The highest BCUT2D eigenvalue weighted by atomic mass is 16.1. The normalized spacial score (nSPS) is 11.3. The largest absolute Gasteiger partial charge is 0.322 e. The maximum atomic E-state index is 12.3. The van der Waals surface area contributed by atoms with Crippen molar-refractivity contribution in [2.45, 2.75) is 40.0 Å². The quantitative estimate of drug-likeness (QED) is 0.915. The number of anilines is 1. The summed E-state index contributed by atoms with van der Waals surface area (Å²) in [5, 5.41) is 2.90. The van der Waals surface area contributed by atoms with Crippen LogP contribution in [0.1, 0.15) is 48.1 Å². The Morgan fingerprint density at radius 3 is 2.00 bits per heavy atom. The fourth-order valence-corrected chi connectivity index (χ4v) is 2.17. The van der Waals surface area contributed by atoms with E-state index in [-0.39, 0.29) is 11.3 Å². The third-order valence-corrected chi connectivity index (χ3v) is 3.46. The molecule has 0 atom stereocenters. The van der Waals surface area contributed by atoms with Crippen molar-refractivity contribution in [1.29, 1.82) is 0 Å². The van der Waals surface area contributed by atoms with Crippen molar-refractivity contribution < 1.29 is 4.79 Å². The van der Waals surface area contributed by atoms with E-state index in [2.05, 4.69) is 36.1 Å². The Morgan fingerprint density at radius 2 is 1.52 bits per heavy atom. The highest BCUT2D eigenvalue weighted by Crippen LogP contribution is 2.23. The lowest BCUT2D eigenvalue weighted by Crippen LogP contribution is -2.17. The molecule has 0 spiro atoms. The number of nitrogens with one attached hydrogen (secondary N) is 1. The van der Waals surface area contributed by atoms with Gasteiger partial charge in [-0.1, -0.05) is 32.9 Å². The minimum Gasteiger partial charge on any atom is -0.322 e. The van der Waals surface area contributed by atoms with Crippen LogP contribution in [-0.4, -0.2) is 15.9 Å².